The van der Waals surface area contributed by atoms with Crippen molar-refractivity contribution < 1.29 is 19.8 Å². The SMILES string of the molecule is O=C([O-])c1csc(C(=O)O)c1. The molecular formula is C6H3O4S-. The molecule has 0 bridgehead atoms. The van der Waals surface area contributed by atoms with Crippen molar-refractivity contribution in [3.8, 4) is 0 Å². The second-order valence-electron chi connectivity index (χ2n) is 1.79. The van der Waals surface area contributed by atoms with Crippen molar-refractivity contribution in [1.82, 2.24) is 0 Å². The third kappa shape index (κ3) is 1.56. The number of carbonyl (C=O) groups excluding carboxylic acids is 1. The molecule has 0 radical (unpaired) electrons. The smallest absolute Gasteiger partial charge is 0.345 e. The summed E-state index contributed by atoms with van der Waals surface area (Å²) < 4.78 is 0. The van der Waals surface area contributed by atoms with Gasteiger partial charge in [0.2, 0.25) is 0 Å². The number of thiophene rings is 1. The van der Waals surface area contributed by atoms with Crippen LogP contribution < -0.4 is 5.11 Å². The Kier molecular flexibility index (Phi) is 1.91. The van der Waals surface area contributed by atoms with Crippen LogP contribution in [0.2, 0.25) is 0 Å². The lowest BCUT2D eigenvalue weighted by atomic mass is 10.3. The maximum Gasteiger partial charge on any atom is 0.345 e. The predicted octanol–water partition coefficient (Wildman–Crippen LogP) is -0.190. The van der Waals surface area contributed by atoms with E-state index in [9.17, 15) is 14.7 Å². The van der Waals surface area contributed by atoms with E-state index >= 15 is 0 Å². The molecule has 0 saturated carbocycles. The molecular weight excluding hydrogens is 168 g/mol. The summed E-state index contributed by atoms with van der Waals surface area (Å²) in [6.45, 7) is 0. The molecule has 1 rings (SSSR count). The molecule has 0 aromatic carbocycles. The first-order valence-electron chi connectivity index (χ1n) is 2.64. The van der Waals surface area contributed by atoms with E-state index in [4.69, 9.17) is 5.11 Å². The number of hydrogen-bond donors (Lipinski definition) is 1. The van der Waals surface area contributed by atoms with Crippen molar-refractivity contribution in [1.29, 1.82) is 0 Å². The van der Waals surface area contributed by atoms with E-state index in [1.54, 1.807) is 0 Å². The Balaban J connectivity index is 2.99. The van der Waals surface area contributed by atoms with Gasteiger partial charge in [0.15, 0.2) is 0 Å². The average molecular weight is 171 g/mol. The molecule has 0 fully saturated rings. The van der Waals surface area contributed by atoms with E-state index in [0.717, 1.165) is 17.4 Å². The monoisotopic (exact) mass is 171 g/mol. The molecule has 11 heavy (non-hydrogen) atoms. The Labute approximate surface area is 65.7 Å². The van der Waals surface area contributed by atoms with Crippen molar-refractivity contribution in [3.63, 3.8) is 0 Å². The van der Waals surface area contributed by atoms with Gasteiger partial charge in [-0.25, -0.2) is 4.79 Å². The summed E-state index contributed by atoms with van der Waals surface area (Å²) in [5, 5.41) is 19.8. The van der Waals surface area contributed by atoms with Gasteiger partial charge in [-0.05, 0) is 6.07 Å². The molecule has 0 aliphatic rings. The highest BCUT2D eigenvalue weighted by Gasteiger charge is 2.06. The summed E-state index contributed by atoms with van der Waals surface area (Å²) in [5.41, 5.74) is -0.0904. The van der Waals surface area contributed by atoms with Gasteiger partial charge in [-0.15, -0.1) is 11.3 Å². The molecule has 0 amide bonds. The van der Waals surface area contributed by atoms with Crippen LogP contribution in [-0.2, 0) is 0 Å². The third-order valence-electron chi connectivity index (χ3n) is 1.05. The van der Waals surface area contributed by atoms with Gasteiger partial charge in [0.05, 0.1) is 5.97 Å². The number of rotatable bonds is 2. The summed E-state index contributed by atoms with van der Waals surface area (Å²) in [5.74, 6) is -2.48. The Morgan fingerprint density at radius 2 is 2.18 bits per heavy atom. The van der Waals surface area contributed by atoms with Crippen LogP contribution in [0, 0.1) is 0 Å². The number of hydrogen-bond acceptors (Lipinski definition) is 4. The Morgan fingerprint density at radius 1 is 1.55 bits per heavy atom. The van der Waals surface area contributed by atoms with Crippen LogP contribution >= 0.6 is 11.3 Å². The van der Waals surface area contributed by atoms with Gasteiger partial charge in [0, 0.05) is 10.9 Å². The molecule has 58 valence electrons. The summed E-state index contributed by atoms with van der Waals surface area (Å²) >= 11 is 0.866. The molecule has 0 atom stereocenters. The van der Waals surface area contributed by atoms with E-state index in [1.807, 2.05) is 0 Å². The van der Waals surface area contributed by atoms with Crippen LogP contribution in [0.1, 0.15) is 20.0 Å². The quantitative estimate of drug-likeness (QED) is 0.669. The Hall–Kier alpha value is -1.36. The zero-order valence-corrected chi connectivity index (χ0v) is 6.05. The molecule has 1 heterocycles. The minimum Gasteiger partial charge on any atom is -0.545 e. The van der Waals surface area contributed by atoms with Crippen LogP contribution in [0.5, 0.6) is 0 Å². The average Bonchev–Trinajstić information content (AvgIpc) is 2.33. The van der Waals surface area contributed by atoms with Crippen LogP contribution in [0.4, 0.5) is 0 Å². The maximum atomic E-state index is 10.2. The molecule has 0 aliphatic heterocycles. The lowest BCUT2D eigenvalue weighted by molar-refractivity contribution is -0.255. The zero-order valence-electron chi connectivity index (χ0n) is 5.23. The van der Waals surface area contributed by atoms with E-state index < -0.39 is 11.9 Å². The van der Waals surface area contributed by atoms with E-state index in [2.05, 4.69) is 0 Å². The van der Waals surface area contributed by atoms with Gasteiger partial charge in [-0.1, -0.05) is 0 Å². The number of aromatic carboxylic acids is 2. The van der Waals surface area contributed by atoms with Gasteiger partial charge in [0.1, 0.15) is 4.88 Å². The van der Waals surface area contributed by atoms with Gasteiger partial charge in [-0.3, -0.25) is 0 Å². The number of carbonyl (C=O) groups is 2. The van der Waals surface area contributed by atoms with Gasteiger partial charge in [0.25, 0.3) is 0 Å². The summed E-state index contributed by atoms with van der Waals surface area (Å²) in [4.78, 5) is 20.4. The van der Waals surface area contributed by atoms with Gasteiger partial charge in [-0.2, -0.15) is 0 Å². The standard InChI is InChI=1S/C6H4O4S/c7-5(8)3-1-4(6(9)10)11-2-3/h1-2H,(H,7,8)(H,9,10)/p-1. The lowest BCUT2D eigenvalue weighted by Crippen LogP contribution is -2.21. The van der Waals surface area contributed by atoms with Crippen molar-refractivity contribution in [3.05, 3.63) is 21.9 Å². The van der Waals surface area contributed by atoms with E-state index in [-0.39, 0.29) is 10.4 Å². The fourth-order valence-electron chi connectivity index (χ4n) is 0.555. The molecule has 0 saturated heterocycles. The zero-order chi connectivity index (χ0) is 8.43. The number of carboxylic acids is 2. The maximum absolute atomic E-state index is 10.2. The Bertz CT molecular complexity index is 273. The largest absolute Gasteiger partial charge is 0.545 e. The molecule has 4 nitrogen and oxygen atoms in total. The highest BCUT2D eigenvalue weighted by atomic mass is 32.1. The molecule has 5 heteroatoms. The molecule has 0 spiro atoms. The summed E-state index contributed by atoms with van der Waals surface area (Å²) in [6, 6.07) is 1.07. The summed E-state index contributed by atoms with van der Waals surface area (Å²) in [6.07, 6.45) is 0. The van der Waals surface area contributed by atoms with Crippen molar-refractivity contribution in [2.75, 3.05) is 0 Å². The second-order valence-corrected chi connectivity index (χ2v) is 2.70. The summed E-state index contributed by atoms with van der Waals surface area (Å²) in [7, 11) is 0. The van der Waals surface area contributed by atoms with Gasteiger partial charge < -0.3 is 15.0 Å². The third-order valence-corrected chi connectivity index (χ3v) is 1.96. The van der Waals surface area contributed by atoms with E-state index in [1.165, 1.54) is 5.38 Å². The lowest BCUT2D eigenvalue weighted by Gasteiger charge is -1.92. The van der Waals surface area contributed by atoms with Gasteiger partial charge >= 0.3 is 5.97 Å². The molecule has 1 aromatic heterocycles. The molecule has 0 aliphatic carbocycles. The van der Waals surface area contributed by atoms with Crippen LogP contribution in [0.3, 0.4) is 0 Å². The normalized spacial score (nSPS) is 9.45. The molecule has 0 unspecified atom stereocenters. The van der Waals surface area contributed by atoms with Crippen LogP contribution in [-0.4, -0.2) is 17.0 Å². The minimum atomic E-state index is -1.35. The molecule has 1 aromatic rings. The van der Waals surface area contributed by atoms with Crippen LogP contribution in [0.15, 0.2) is 11.4 Å². The van der Waals surface area contributed by atoms with Crippen molar-refractivity contribution >= 4 is 23.3 Å². The first-order valence-corrected chi connectivity index (χ1v) is 3.52. The highest BCUT2D eigenvalue weighted by Crippen LogP contribution is 2.13. The number of carboxylic acid groups (broad SMARTS) is 2. The predicted molar refractivity (Wildman–Crippen MR) is 35.6 cm³/mol. The van der Waals surface area contributed by atoms with E-state index in [0.29, 0.717) is 0 Å². The fraction of sp³-hybridized carbons (Fsp3) is 0. The fourth-order valence-corrected chi connectivity index (χ4v) is 1.27. The topological polar surface area (TPSA) is 77.4 Å². The van der Waals surface area contributed by atoms with Crippen molar-refractivity contribution in [2.24, 2.45) is 0 Å². The second kappa shape index (κ2) is 2.71. The van der Waals surface area contributed by atoms with Crippen molar-refractivity contribution in [2.45, 2.75) is 0 Å². The minimum absolute atomic E-state index is 0.00389. The first kappa shape index (κ1) is 7.74. The molecule has 1 N–H and O–H groups in total. The Morgan fingerprint density at radius 3 is 2.45 bits per heavy atom. The van der Waals surface area contributed by atoms with Crippen LogP contribution in [0.25, 0.3) is 0 Å². The first-order chi connectivity index (χ1) is 5.11. The highest BCUT2D eigenvalue weighted by molar-refractivity contribution is 7.12.